The predicted molar refractivity (Wildman–Crippen MR) is 105 cm³/mol. The number of H-pyrrole nitrogens is 2. The first-order chi connectivity index (χ1) is 13.0. The van der Waals surface area contributed by atoms with Crippen LogP contribution in [0.15, 0.2) is 64.3 Å². The predicted octanol–water partition coefficient (Wildman–Crippen LogP) is 4.44. The fourth-order valence-corrected chi connectivity index (χ4v) is 3.22. The summed E-state index contributed by atoms with van der Waals surface area (Å²) in [5.74, 6) is -0.0724. The number of nitrogens with zero attached hydrogens (tertiary/aromatic N) is 3. The number of aliphatic imine (C=N–C) groups is 1. The van der Waals surface area contributed by atoms with Crippen LogP contribution in [0.5, 0.6) is 5.88 Å². The Bertz CT molecular complexity index is 1180. The van der Waals surface area contributed by atoms with Crippen molar-refractivity contribution in [3.05, 3.63) is 80.6 Å². The Morgan fingerprint density at radius 3 is 2.85 bits per heavy atom. The number of benzene rings is 2. The van der Waals surface area contributed by atoms with Crippen molar-refractivity contribution >= 4 is 43.9 Å². The summed E-state index contributed by atoms with van der Waals surface area (Å²) in [6.45, 7) is 0. The van der Waals surface area contributed by atoms with Gasteiger partial charge in [0.25, 0.3) is 5.69 Å². The van der Waals surface area contributed by atoms with Crippen LogP contribution in [0.2, 0.25) is 0 Å². The van der Waals surface area contributed by atoms with E-state index in [4.69, 9.17) is 0 Å². The quantitative estimate of drug-likeness (QED) is 0.254. The average molecular weight is 426 g/mol. The molecule has 0 bridgehead atoms. The van der Waals surface area contributed by atoms with E-state index in [1.807, 2.05) is 18.2 Å². The number of halogens is 1. The zero-order chi connectivity index (χ0) is 19.0. The van der Waals surface area contributed by atoms with E-state index in [9.17, 15) is 15.2 Å². The van der Waals surface area contributed by atoms with Gasteiger partial charge in [-0.15, -0.1) is 0 Å². The lowest BCUT2D eigenvalue weighted by Crippen LogP contribution is -2.04. The van der Waals surface area contributed by atoms with Crippen LogP contribution in [-0.2, 0) is 0 Å². The largest absolute Gasteiger partial charge is 0.494 e. The summed E-state index contributed by atoms with van der Waals surface area (Å²) in [6, 6.07) is 11.7. The zero-order valence-corrected chi connectivity index (χ0v) is 15.3. The minimum Gasteiger partial charge on any atom is -0.494 e. The van der Waals surface area contributed by atoms with Crippen molar-refractivity contribution in [3.8, 4) is 5.88 Å². The second-order valence-corrected chi connectivity index (χ2v) is 6.68. The van der Waals surface area contributed by atoms with Crippen LogP contribution in [0.3, 0.4) is 0 Å². The second kappa shape index (κ2) is 6.69. The molecular weight excluding hydrogens is 414 g/mol. The van der Waals surface area contributed by atoms with Gasteiger partial charge in [0.1, 0.15) is 5.69 Å². The van der Waals surface area contributed by atoms with Crippen molar-refractivity contribution in [3.63, 3.8) is 0 Å². The molecule has 0 aliphatic rings. The normalized spacial score (nSPS) is 11.8. The number of nitrogens with one attached hydrogen (secondary N) is 2. The van der Waals surface area contributed by atoms with Gasteiger partial charge in [0.05, 0.1) is 22.4 Å². The van der Waals surface area contributed by atoms with Gasteiger partial charge in [0, 0.05) is 39.3 Å². The highest BCUT2D eigenvalue weighted by Crippen LogP contribution is 2.33. The van der Waals surface area contributed by atoms with E-state index in [0.717, 1.165) is 15.4 Å². The average Bonchev–Trinajstić information content (AvgIpc) is 3.27. The van der Waals surface area contributed by atoms with Crippen molar-refractivity contribution in [2.24, 2.45) is 4.99 Å². The number of rotatable bonds is 4. The third-order valence-electron chi connectivity index (χ3n) is 4.03. The SMILES string of the molecule is O=[N+]([O-])c1cccc(C(=Nc2cn[nH]c2)c2c(O)[nH]c3ccc(Br)cc23)c1. The molecule has 0 saturated heterocycles. The van der Waals surface area contributed by atoms with Gasteiger partial charge in [-0.05, 0) is 18.2 Å². The molecule has 0 saturated carbocycles. The van der Waals surface area contributed by atoms with Crippen LogP contribution in [0.1, 0.15) is 11.1 Å². The molecule has 0 atom stereocenters. The van der Waals surface area contributed by atoms with Crippen molar-refractivity contribution < 1.29 is 10.0 Å². The highest BCUT2D eigenvalue weighted by Gasteiger charge is 2.20. The number of hydrogen-bond acceptors (Lipinski definition) is 5. The van der Waals surface area contributed by atoms with Crippen LogP contribution in [0.25, 0.3) is 10.9 Å². The molecule has 3 N–H and O–H groups in total. The van der Waals surface area contributed by atoms with Gasteiger partial charge in [0.15, 0.2) is 5.88 Å². The highest BCUT2D eigenvalue weighted by atomic mass is 79.9. The van der Waals surface area contributed by atoms with E-state index in [1.165, 1.54) is 18.3 Å². The molecular formula is C18H12BrN5O3. The fourth-order valence-electron chi connectivity index (χ4n) is 2.86. The highest BCUT2D eigenvalue weighted by molar-refractivity contribution is 9.10. The topological polar surface area (TPSA) is 120 Å². The maximum atomic E-state index is 11.2. The minimum atomic E-state index is -0.468. The third-order valence-corrected chi connectivity index (χ3v) is 4.53. The van der Waals surface area contributed by atoms with Gasteiger partial charge in [-0.2, -0.15) is 5.10 Å². The molecule has 8 nitrogen and oxygen atoms in total. The molecule has 0 aliphatic carbocycles. The van der Waals surface area contributed by atoms with E-state index in [-0.39, 0.29) is 11.6 Å². The fraction of sp³-hybridized carbons (Fsp3) is 0. The Kier molecular flexibility index (Phi) is 4.21. The van der Waals surface area contributed by atoms with Crippen molar-refractivity contribution in [1.82, 2.24) is 15.2 Å². The first-order valence-electron chi connectivity index (χ1n) is 7.86. The smallest absolute Gasteiger partial charge is 0.270 e. The van der Waals surface area contributed by atoms with E-state index in [2.05, 4.69) is 36.1 Å². The molecule has 0 radical (unpaired) electrons. The summed E-state index contributed by atoms with van der Waals surface area (Å²) in [4.78, 5) is 18.2. The number of nitro groups is 1. The number of hydrogen-bond donors (Lipinski definition) is 3. The van der Waals surface area contributed by atoms with Crippen LogP contribution >= 0.6 is 15.9 Å². The Hall–Kier alpha value is -3.46. The number of aromatic nitrogens is 3. The molecule has 2 heterocycles. The van der Waals surface area contributed by atoms with Crippen molar-refractivity contribution in [2.75, 3.05) is 0 Å². The van der Waals surface area contributed by atoms with Crippen molar-refractivity contribution in [1.29, 1.82) is 0 Å². The minimum absolute atomic E-state index is 0.0621. The summed E-state index contributed by atoms with van der Waals surface area (Å²) in [6.07, 6.45) is 3.12. The number of non-ortho nitro benzene ring substituents is 1. The van der Waals surface area contributed by atoms with Gasteiger partial charge in [-0.1, -0.05) is 28.1 Å². The molecule has 4 aromatic rings. The molecule has 2 aromatic heterocycles. The summed E-state index contributed by atoms with van der Waals surface area (Å²) in [5.41, 5.74) is 2.53. The van der Waals surface area contributed by atoms with Gasteiger partial charge >= 0.3 is 0 Å². The van der Waals surface area contributed by atoms with Gasteiger partial charge in [-0.3, -0.25) is 15.2 Å². The number of aromatic amines is 2. The molecule has 0 aliphatic heterocycles. The summed E-state index contributed by atoms with van der Waals surface area (Å²) in [7, 11) is 0. The van der Waals surface area contributed by atoms with E-state index in [0.29, 0.717) is 22.5 Å². The van der Waals surface area contributed by atoms with Gasteiger partial charge in [-0.25, -0.2) is 4.99 Å². The molecule has 0 fully saturated rings. The lowest BCUT2D eigenvalue weighted by atomic mass is 10.0. The number of nitro benzene ring substituents is 1. The summed E-state index contributed by atoms with van der Waals surface area (Å²) in [5, 5.41) is 29.0. The van der Waals surface area contributed by atoms with Crippen LogP contribution < -0.4 is 0 Å². The molecule has 9 heteroatoms. The Balaban J connectivity index is 2.01. The van der Waals surface area contributed by atoms with Crippen molar-refractivity contribution in [2.45, 2.75) is 0 Å². The standard InChI is InChI=1S/C18H12BrN5O3/c19-11-4-5-15-14(7-11)16(18(25)23-15)17(22-12-8-20-21-9-12)10-2-1-3-13(6-10)24(26)27/h1-9,23,25H,(H,20,21). The number of fused-ring (bicyclic) bond motifs is 1. The van der Waals surface area contributed by atoms with E-state index < -0.39 is 4.92 Å². The maximum Gasteiger partial charge on any atom is 0.270 e. The Morgan fingerprint density at radius 2 is 2.11 bits per heavy atom. The van der Waals surface area contributed by atoms with E-state index in [1.54, 1.807) is 18.3 Å². The molecule has 27 heavy (non-hydrogen) atoms. The van der Waals surface area contributed by atoms with Crippen LogP contribution in [0.4, 0.5) is 11.4 Å². The van der Waals surface area contributed by atoms with Crippen LogP contribution in [0, 0.1) is 10.1 Å². The monoisotopic (exact) mass is 425 g/mol. The lowest BCUT2D eigenvalue weighted by Gasteiger charge is -2.07. The number of aromatic hydroxyl groups is 1. The van der Waals surface area contributed by atoms with Gasteiger partial charge in [0.2, 0.25) is 0 Å². The molecule has 2 aromatic carbocycles. The third kappa shape index (κ3) is 3.20. The first-order valence-corrected chi connectivity index (χ1v) is 8.65. The van der Waals surface area contributed by atoms with Gasteiger partial charge < -0.3 is 10.1 Å². The molecule has 0 spiro atoms. The Morgan fingerprint density at radius 1 is 1.26 bits per heavy atom. The second-order valence-electron chi connectivity index (χ2n) is 5.76. The summed E-state index contributed by atoms with van der Waals surface area (Å²) < 4.78 is 0.831. The zero-order valence-electron chi connectivity index (χ0n) is 13.7. The van der Waals surface area contributed by atoms with Crippen LogP contribution in [-0.4, -0.2) is 30.9 Å². The molecule has 0 unspecified atom stereocenters. The lowest BCUT2D eigenvalue weighted by molar-refractivity contribution is -0.384. The Labute approximate surface area is 160 Å². The van der Waals surface area contributed by atoms with E-state index >= 15 is 0 Å². The maximum absolute atomic E-state index is 11.2. The molecule has 134 valence electrons. The summed E-state index contributed by atoms with van der Waals surface area (Å²) >= 11 is 3.43. The molecule has 4 rings (SSSR count). The first kappa shape index (κ1) is 17.0. The molecule has 0 amide bonds.